The summed E-state index contributed by atoms with van der Waals surface area (Å²) < 4.78 is 23.2. The van der Waals surface area contributed by atoms with Gasteiger partial charge in [0.05, 0.1) is 21.3 Å². The van der Waals surface area contributed by atoms with E-state index in [1.807, 2.05) is 18.2 Å². The number of ether oxygens (including phenoxy) is 4. The van der Waals surface area contributed by atoms with E-state index in [9.17, 15) is 0 Å². The highest BCUT2D eigenvalue weighted by Gasteiger charge is 2.46. The number of nitrogens with zero attached hydrogens (tertiary/aromatic N) is 1. The first-order valence-electron chi connectivity index (χ1n) is 10.5. The number of fused-ring (bicyclic) bond motifs is 3. The van der Waals surface area contributed by atoms with Gasteiger partial charge in [-0.05, 0) is 34.9 Å². The summed E-state index contributed by atoms with van der Waals surface area (Å²) in [6.45, 7) is 2.44. The summed E-state index contributed by atoms with van der Waals surface area (Å²) in [4.78, 5) is 2.44. The van der Waals surface area contributed by atoms with Crippen LogP contribution in [0.5, 0.6) is 23.0 Å². The zero-order chi connectivity index (χ0) is 21.4. The van der Waals surface area contributed by atoms with Crippen molar-refractivity contribution < 1.29 is 18.9 Å². The molecule has 0 amide bonds. The Morgan fingerprint density at radius 1 is 0.871 bits per heavy atom. The molecule has 5 heteroatoms. The SMILES string of the molecule is COc1cc(CN2Cc3ccccc3C3(Cc4ccccc4O3)C2)cc(OC)c1OC. The minimum Gasteiger partial charge on any atom is -0.493 e. The summed E-state index contributed by atoms with van der Waals surface area (Å²) in [6.07, 6.45) is 0.881. The Kier molecular flexibility index (Phi) is 4.98. The molecule has 1 spiro atoms. The maximum absolute atomic E-state index is 6.65. The molecule has 1 atom stereocenters. The summed E-state index contributed by atoms with van der Waals surface area (Å²) in [5.74, 6) is 2.96. The van der Waals surface area contributed by atoms with Gasteiger partial charge < -0.3 is 18.9 Å². The zero-order valence-electron chi connectivity index (χ0n) is 18.2. The van der Waals surface area contributed by atoms with Gasteiger partial charge in [-0.25, -0.2) is 0 Å². The quantitative estimate of drug-likeness (QED) is 0.609. The fourth-order valence-corrected chi connectivity index (χ4v) is 4.98. The number of rotatable bonds is 5. The van der Waals surface area contributed by atoms with Crippen LogP contribution in [-0.4, -0.2) is 32.8 Å². The Morgan fingerprint density at radius 2 is 1.55 bits per heavy atom. The molecule has 3 aromatic rings. The molecule has 0 fully saturated rings. The highest BCUT2D eigenvalue weighted by atomic mass is 16.5. The molecular formula is C26H27NO4. The first-order valence-corrected chi connectivity index (χ1v) is 10.5. The monoisotopic (exact) mass is 417 g/mol. The van der Waals surface area contributed by atoms with Gasteiger partial charge in [-0.3, -0.25) is 4.90 Å². The molecule has 1 unspecified atom stereocenters. The molecule has 5 nitrogen and oxygen atoms in total. The van der Waals surface area contributed by atoms with Crippen molar-refractivity contribution in [3.8, 4) is 23.0 Å². The summed E-state index contributed by atoms with van der Waals surface area (Å²) in [7, 11) is 4.92. The van der Waals surface area contributed by atoms with Crippen molar-refractivity contribution in [3.05, 3.63) is 82.9 Å². The standard InChI is InChI=1S/C26H27NO4/c1-28-23-12-18(13-24(29-2)25(23)30-3)15-27-16-20-9-4-6-10-21(20)26(17-27)14-19-8-5-7-11-22(19)31-26/h4-13H,14-17H2,1-3H3. The van der Waals surface area contributed by atoms with Crippen LogP contribution in [0.1, 0.15) is 22.3 Å². The van der Waals surface area contributed by atoms with E-state index in [0.29, 0.717) is 17.2 Å². The van der Waals surface area contributed by atoms with Crippen LogP contribution in [0.3, 0.4) is 0 Å². The van der Waals surface area contributed by atoms with E-state index in [1.165, 1.54) is 16.7 Å². The highest BCUT2D eigenvalue weighted by Crippen LogP contribution is 2.46. The van der Waals surface area contributed by atoms with E-state index in [4.69, 9.17) is 18.9 Å². The molecule has 3 aromatic carbocycles. The Labute approximate surface area is 183 Å². The predicted molar refractivity (Wildman–Crippen MR) is 119 cm³/mol. The lowest BCUT2D eigenvalue weighted by atomic mass is 9.82. The van der Waals surface area contributed by atoms with Crippen LogP contribution in [0.25, 0.3) is 0 Å². The zero-order valence-corrected chi connectivity index (χ0v) is 18.2. The van der Waals surface area contributed by atoms with Crippen molar-refractivity contribution in [2.45, 2.75) is 25.1 Å². The number of para-hydroxylation sites is 1. The lowest BCUT2D eigenvalue weighted by Gasteiger charge is -2.41. The maximum atomic E-state index is 6.65. The van der Waals surface area contributed by atoms with Crippen molar-refractivity contribution in [2.75, 3.05) is 27.9 Å². The van der Waals surface area contributed by atoms with Crippen LogP contribution in [-0.2, 0) is 25.1 Å². The molecule has 5 rings (SSSR count). The Morgan fingerprint density at radius 3 is 2.23 bits per heavy atom. The van der Waals surface area contributed by atoms with Crippen molar-refractivity contribution >= 4 is 0 Å². The molecule has 0 aromatic heterocycles. The minimum absolute atomic E-state index is 0.362. The van der Waals surface area contributed by atoms with Crippen LogP contribution in [0.15, 0.2) is 60.7 Å². The van der Waals surface area contributed by atoms with Crippen molar-refractivity contribution in [3.63, 3.8) is 0 Å². The number of hydrogen-bond donors (Lipinski definition) is 0. The molecule has 2 heterocycles. The van der Waals surface area contributed by atoms with Crippen LogP contribution in [0.4, 0.5) is 0 Å². The van der Waals surface area contributed by atoms with Crippen LogP contribution in [0.2, 0.25) is 0 Å². The van der Waals surface area contributed by atoms with Gasteiger partial charge in [0.1, 0.15) is 5.75 Å². The molecule has 160 valence electrons. The first kappa shape index (κ1) is 19.8. The Hall–Kier alpha value is -3.18. The Balaban J connectivity index is 1.49. The molecule has 2 aliphatic heterocycles. The van der Waals surface area contributed by atoms with E-state index < -0.39 is 0 Å². The van der Waals surface area contributed by atoms with E-state index >= 15 is 0 Å². The summed E-state index contributed by atoms with van der Waals surface area (Å²) in [5, 5.41) is 0. The fraction of sp³-hybridized carbons (Fsp3) is 0.308. The molecule has 31 heavy (non-hydrogen) atoms. The largest absolute Gasteiger partial charge is 0.493 e. The van der Waals surface area contributed by atoms with Gasteiger partial charge in [0.15, 0.2) is 17.1 Å². The van der Waals surface area contributed by atoms with Crippen molar-refractivity contribution in [1.82, 2.24) is 4.90 Å². The average Bonchev–Trinajstić information content (AvgIpc) is 3.16. The third kappa shape index (κ3) is 3.39. The third-order valence-corrected chi connectivity index (χ3v) is 6.27. The van der Waals surface area contributed by atoms with E-state index in [0.717, 1.165) is 37.4 Å². The molecular weight excluding hydrogens is 390 g/mol. The highest BCUT2D eigenvalue weighted by molar-refractivity contribution is 5.54. The van der Waals surface area contributed by atoms with Crippen LogP contribution >= 0.6 is 0 Å². The van der Waals surface area contributed by atoms with E-state index in [2.05, 4.69) is 47.4 Å². The summed E-state index contributed by atoms with van der Waals surface area (Å²) in [6, 6.07) is 21.1. The number of benzene rings is 3. The van der Waals surface area contributed by atoms with E-state index in [1.54, 1.807) is 21.3 Å². The van der Waals surface area contributed by atoms with Crippen molar-refractivity contribution in [2.24, 2.45) is 0 Å². The van der Waals surface area contributed by atoms with E-state index in [-0.39, 0.29) is 5.60 Å². The van der Waals surface area contributed by atoms with Crippen LogP contribution in [0, 0.1) is 0 Å². The van der Waals surface area contributed by atoms with Crippen LogP contribution < -0.4 is 18.9 Å². The number of methoxy groups -OCH3 is 3. The van der Waals surface area contributed by atoms with Gasteiger partial charge in [0.25, 0.3) is 0 Å². The fourth-order valence-electron chi connectivity index (χ4n) is 4.98. The molecule has 0 saturated carbocycles. The Bertz CT molecular complexity index is 1060. The second kappa shape index (κ2) is 7.82. The van der Waals surface area contributed by atoms with Gasteiger partial charge >= 0.3 is 0 Å². The van der Waals surface area contributed by atoms with Gasteiger partial charge in [-0.1, -0.05) is 42.5 Å². The maximum Gasteiger partial charge on any atom is 0.203 e. The molecule has 0 bridgehead atoms. The topological polar surface area (TPSA) is 40.2 Å². The van der Waals surface area contributed by atoms with Gasteiger partial charge in [0.2, 0.25) is 5.75 Å². The lowest BCUT2D eigenvalue weighted by Crippen LogP contribution is -2.48. The number of hydrogen-bond acceptors (Lipinski definition) is 5. The predicted octanol–water partition coefficient (Wildman–Crippen LogP) is 4.56. The average molecular weight is 418 g/mol. The smallest absolute Gasteiger partial charge is 0.203 e. The molecule has 2 aliphatic rings. The molecule has 0 aliphatic carbocycles. The second-order valence-electron chi connectivity index (χ2n) is 8.22. The molecule has 0 radical (unpaired) electrons. The van der Waals surface area contributed by atoms with Gasteiger partial charge in [-0.15, -0.1) is 0 Å². The molecule has 0 saturated heterocycles. The van der Waals surface area contributed by atoms with Gasteiger partial charge in [0, 0.05) is 31.6 Å². The molecule has 0 N–H and O–H groups in total. The second-order valence-corrected chi connectivity index (χ2v) is 8.22. The minimum atomic E-state index is -0.362. The summed E-state index contributed by atoms with van der Waals surface area (Å²) in [5.41, 5.74) is 4.63. The van der Waals surface area contributed by atoms with Crippen molar-refractivity contribution in [1.29, 1.82) is 0 Å². The van der Waals surface area contributed by atoms with Gasteiger partial charge in [-0.2, -0.15) is 0 Å². The third-order valence-electron chi connectivity index (χ3n) is 6.27. The summed E-state index contributed by atoms with van der Waals surface area (Å²) >= 11 is 0. The normalized spacial score (nSPS) is 19.5. The lowest BCUT2D eigenvalue weighted by molar-refractivity contribution is 0.0223. The first-order chi connectivity index (χ1) is 15.2.